The molecule has 1 amide bonds. The summed E-state index contributed by atoms with van der Waals surface area (Å²) in [4.78, 5) is 10.9. The number of carbonyl (C=O) groups excluding carboxylic acids is 1. The van der Waals surface area contributed by atoms with Crippen LogP contribution in [0, 0.1) is 0 Å². The molecule has 0 aliphatic carbocycles. The Labute approximate surface area is 85.2 Å². The average molecular weight is 243 g/mol. The minimum Gasteiger partial charge on any atom is -0.369 e. The molecule has 0 spiro atoms. The van der Waals surface area contributed by atoms with E-state index in [0.29, 0.717) is 0 Å². The third-order valence-corrected chi connectivity index (χ3v) is 2.38. The number of carbonyl (C=O) groups is 1. The molecule has 0 saturated heterocycles. The normalized spacial score (nSPS) is 12.5. The van der Waals surface area contributed by atoms with Gasteiger partial charge in [-0.05, 0) is 17.7 Å². The highest BCUT2D eigenvalue weighted by Crippen LogP contribution is 2.17. The second-order valence-corrected chi connectivity index (χ2v) is 3.66. The molecular formula is C9H11BrN2O. The Hall–Kier alpha value is -0.870. The van der Waals surface area contributed by atoms with Gasteiger partial charge in [0, 0.05) is 11.0 Å². The predicted molar refractivity (Wildman–Crippen MR) is 55.1 cm³/mol. The summed E-state index contributed by atoms with van der Waals surface area (Å²) in [5, 5.41) is 0. The van der Waals surface area contributed by atoms with Gasteiger partial charge >= 0.3 is 0 Å². The monoisotopic (exact) mass is 242 g/mol. The van der Waals surface area contributed by atoms with Crippen LogP contribution >= 0.6 is 15.9 Å². The fourth-order valence-corrected chi connectivity index (χ4v) is 1.38. The minimum absolute atomic E-state index is 0.247. The van der Waals surface area contributed by atoms with Gasteiger partial charge in [-0.2, -0.15) is 0 Å². The number of amides is 1. The summed E-state index contributed by atoms with van der Waals surface area (Å²) in [5.41, 5.74) is 11.5. The topological polar surface area (TPSA) is 69.1 Å². The van der Waals surface area contributed by atoms with Crippen LogP contribution < -0.4 is 11.5 Å². The quantitative estimate of drug-likeness (QED) is 0.830. The van der Waals surface area contributed by atoms with Gasteiger partial charge in [-0.1, -0.05) is 28.1 Å². The van der Waals surface area contributed by atoms with Gasteiger partial charge in [-0.25, -0.2) is 0 Å². The van der Waals surface area contributed by atoms with Gasteiger partial charge in [0.05, 0.1) is 5.92 Å². The number of benzene rings is 1. The number of nitrogens with two attached hydrogens (primary N) is 2. The first-order valence-electron chi connectivity index (χ1n) is 3.90. The molecule has 1 rings (SSSR count). The van der Waals surface area contributed by atoms with Crippen molar-refractivity contribution in [1.29, 1.82) is 0 Å². The Kier molecular flexibility index (Phi) is 3.45. The lowest BCUT2D eigenvalue weighted by molar-refractivity contribution is -0.119. The Bertz CT molecular complexity index is 297. The highest BCUT2D eigenvalue weighted by molar-refractivity contribution is 9.10. The van der Waals surface area contributed by atoms with Gasteiger partial charge in [0.25, 0.3) is 0 Å². The molecule has 0 fully saturated rings. The van der Waals surface area contributed by atoms with E-state index in [4.69, 9.17) is 11.5 Å². The van der Waals surface area contributed by atoms with E-state index in [-0.39, 0.29) is 18.4 Å². The van der Waals surface area contributed by atoms with Crippen LogP contribution in [-0.4, -0.2) is 12.5 Å². The molecule has 3 nitrogen and oxygen atoms in total. The van der Waals surface area contributed by atoms with E-state index in [9.17, 15) is 4.79 Å². The smallest absolute Gasteiger partial charge is 0.226 e. The molecule has 0 bridgehead atoms. The van der Waals surface area contributed by atoms with Crippen LogP contribution in [0.3, 0.4) is 0 Å². The predicted octanol–water partition coefficient (Wildman–Crippen LogP) is 0.977. The van der Waals surface area contributed by atoms with E-state index in [1.54, 1.807) is 0 Å². The molecule has 70 valence electrons. The molecule has 0 aromatic heterocycles. The first-order valence-corrected chi connectivity index (χ1v) is 4.69. The van der Waals surface area contributed by atoms with E-state index in [2.05, 4.69) is 15.9 Å². The Balaban J connectivity index is 2.92. The number of rotatable bonds is 3. The van der Waals surface area contributed by atoms with E-state index in [0.717, 1.165) is 10.0 Å². The average Bonchev–Trinajstić information content (AvgIpc) is 2.09. The van der Waals surface area contributed by atoms with Gasteiger partial charge < -0.3 is 11.5 Å². The minimum atomic E-state index is -0.384. The molecule has 1 aromatic carbocycles. The van der Waals surface area contributed by atoms with Crippen molar-refractivity contribution in [3.63, 3.8) is 0 Å². The van der Waals surface area contributed by atoms with Gasteiger partial charge in [0.2, 0.25) is 5.91 Å². The molecule has 0 aliphatic rings. The van der Waals surface area contributed by atoms with Crippen LogP contribution in [0.15, 0.2) is 28.7 Å². The largest absolute Gasteiger partial charge is 0.369 e. The first kappa shape index (κ1) is 10.2. The zero-order valence-electron chi connectivity index (χ0n) is 7.03. The number of primary amides is 1. The third-order valence-electron chi connectivity index (χ3n) is 1.85. The van der Waals surface area contributed by atoms with Gasteiger partial charge in [-0.3, -0.25) is 4.79 Å². The standard InChI is InChI=1S/C9H11BrN2O/c10-7-3-1-6(2-4-7)8(5-11)9(12)13/h1-4,8H,5,11H2,(H2,12,13). The maximum Gasteiger partial charge on any atom is 0.226 e. The van der Waals surface area contributed by atoms with Crippen LogP contribution in [0.25, 0.3) is 0 Å². The lowest BCUT2D eigenvalue weighted by atomic mass is 9.99. The van der Waals surface area contributed by atoms with Crippen molar-refractivity contribution >= 4 is 21.8 Å². The van der Waals surface area contributed by atoms with Crippen molar-refractivity contribution in [1.82, 2.24) is 0 Å². The summed E-state index contributed by atoms with van der Waals surface area (Å²) in [6, 6.07) is 7.40. The highest BCUT2D eigenvalue weighted by Gasteiger charge is 2.14. The number of halogens is 1. The van der Waals surface area contributed by atoms with E-state index in [1.165, 1.54) is 0 Å². The van der Waals surface area contributed by atoms with Crippen molar-refractivity contribution in [3.8, 4) is 0 Å². The summed E-state index contributed by atoms with van der Waals surface area (Å²) < 4.78 is 0.969. The SMILES string of the molecule is NCC(C(N)=O)c1ccc(Br)cc1. The van der Waals surface area contributed by atoms with Crippen LogP contribution in [0.4, 0.5) is 0 Å². The maximum absolute atomic E-state index is 10.9. The lowest BCUT2D eigenvalue weighted by Gasteiger charge is -2.10. The van der Waals surface area contributed by atoms with Crippen LogP contribution in [0.1, 0.15) is 11.5 Å². The van der Waals surface area contributed by atoms with Gasteiger partial charge in [0.15, 0.2) is 0 Å². The van der Waals surface area contributed by atoms with Crippen LogP contribution in [-0.2, 0) is 4.79 Å². The molecule has 4 N–H and O–H groups in total. The highest BCUT2D eigenvalue weighted by atomic mass is 79.9. The van der Waals surface area contributed by atoms with Gasteiger partial charge in [0.1, 0.15) is 0 Å². The molecule has 1 unspecified atom stereocenters. The molecule has 13 heavy (non-hydrogen) atoms. The Morgan fingerprint density at radius 2 is 1.92 bits per heavy atom. The third kappa shape index (κ3) is 2.54. The molecule has 1 aromatic rings. The van der Waals surface area contributed by atoms with Crippen LogP contribution in [0.2, 0.25) is 0 Å². The molecule has 0 heterocycles. The Morgan fingerprint density at radius 3 is 2.31 bits per heavy atom. The fourth-order valence-electron chi connectivity index (χ4n) is 1.11. The van der Waals surface area contributed by atoms with Crippen molar-refractivity contribution in [2.24, 2.45) is 11.5 Å². The number of hydrogen-bond acceptors (Lipinski definition) is 2. The van der Waals surface area contributed by atoms with E-state index >= 15 is 0 Å². The molecule has 1 atom stereocenters. The molecule has 4 heteroatoms. The summed E-state index contributed by atoms with van der Waals surface area (Å²) in [5.74, 6) is -0.766. The van der Waals surface area contributed by atoms with Gasteiger partial charge in [-0.15, -0.1) is 0 Å². The van der Waals surface area contributed by atoms with E-state index < -0.39 is 0 Å². The second-order valence-electron chi connectivity index (χ2n) is 2.74. The summed E-state index contributed by atoms with van der Waals surface area (Å²) >= 11 is 3.31. The molecule has 0 radical (unpaired) electrons. The van der Waals surface area contributed by atoms with Crippen molar-refractivity contribution in [2.45, 2.75) is 5.92 Å². The first-order chi connectivity index (χ1) is 6.15. The lowest BCUT2D eigenvalue weighted by Crippen LogP contribution is -2.27. The molecule has 0 aliphatic heterocycles. The fraction of sp³-hybridized carbons (Fsp3) is 0.222. The zero-order chi connectivity index (χ0) is 9.84. The Morgan fingerprint density at radius 1 is 1.38 bits per heavy atom. The van der Waals surface area contributed by atoms with E-state index in [1.807, 2.05) is 24.3 Å². The maximum atomic E-state index is 10.9. The summed E-state index contributed by atoms with van der Waals surface area (Å²) in [6.07, 6.45) is 0. The molecule has 0 saturated carbocycles. The van der Waals surface area contributed by atoms with Crippen molar-refractivity contribution in [3.05, 3.63) is 34.3 Å². The number of hydrogen-bond donors (Lipinski definition) is 2. The van der Waals surface area contributed by atoms with Crippen molar-refractivity contribution in [2.75, 3.05) is 6.54 Å². The summed E-state index contributed by atoms with van der Waals surface area (Å²) in [7, 11) is 0. The van der Waals surface area contributed by atoms with Crippen molar-refractivity contribution < 1.29 is 4.79 Å². The summed E-state index contributed by atoms with van der Waals surface area (Å²) in [6.45, 7) is 0.247. The molecular weight excluding hydrogens is 232 g/mol. The zero-order valence-corrected chi connectivity index (χ0v) is 8.62. The van der Waals surface area contributed by atoms with Crippen LogP contribution in [0.5, 0.6) is 0 Å². The second kappa shape index (κ2) is 4.39.